The summed E-state index contributed by atoms with van der Waals surface area (Å²) in [5.41, 5.74) is 0. The minimum atomic E-state index is 0.189. The molecular formula is C8H14N2OS. The molecule has 68 valence electrons. The molecular weight excluding hydrogens is 172 g/mol. The Morgan fingerprint density at radius 1 is 1.58 bits per heavy atom. The maximum atomic E-state index is 8.67. The molecule has 1 aromatic heterocycles. The first-order chi connectivity index (χ1) is 5.72. The quantitative estimate of drug-likeness (QED) is 0.753. The van der Waals surface area contributed by atoms with E-state index in [0.717, 1.165) is 11.6 Å². The van der Waals surface area contributed by atoms with Gasteiger partial charge in [-0.15, -0.1) is 11.3 Å². The third kappa shape index (κ3) is 2.89. The third-order valence-electron chi connectivity index (χ3n) is 1.40. The number of nitrogens with zero attached hydrogens (tertiary/aromatic N) is 2. The maximum Gasteiger partial charge on any atom is 0.0951 e. The van der Waals surface area contributed by atoms with Gasteiger partial charge in [-0.25, -0.2) is 4.98 Å². The van der Waals surface area contributed by atoms with Crippen molar-refractivity contribution in [2.45, 2.75) is 13.0 Å². The minimum Gasteiger partial charge on any atom is -0.396 e. The second-order valence-electron chi connectivity index (χ2n) is 2.93. The molecule has 1 aromatic rings. The topological polar surface area (TPSA) is 36.4 Å². The van der Waals surface area contributed by atoms with Crippen LogP contribution in [0.1, 0.15) is 9.88 Å². The van der Waals surface area contributed by atoms with E-state index < -0.39 is 0 Å². The van der Waals surface area contributed by atoms with Gasteiger partial charge in [0.15, 0.2) is 0 Å². The highest BCUT2D eigenvalue weighted by Gasteiger charge is 2.01. The normalized spacial score (nSPS) is 11.0. The fourth-order valence-electron chi connectivity index (χ4n) is 0.944. The molecule has 0 aliphatic rings. The van der Waals surface area contributed by atoms with Gasteiger partial charge in [0, 0.05) is 30.6 Å². The van der Waals surface area contributed by atoms with E-state index in [1.54, 1.807) is 11.3 Å². The van der Waals surface area contributed by atoms with E-state index in [4.69, 9.17) is 5.11 Å². The molecule has 0 saturated heterocycles. The highest BCUT2D eigenvalue weighted by atomic mass is 32.1. The molecule has 1 heterocycles. The van der Waals surface area contributed by atoms with Crippen LogP contribution in [0, 0.1) is 0 Å². The molecule has 4 heteroatoms. The third-order valence-corrected chi connectivity index (χ3v) is 2.44. The predicted molar refractivity (Wildman–Crippen MR) is 50.3 cm³/mol. The summed E-state index contributed by atoms with van der Waals surface area (Å²) in [6.07, 6.45) is 2.56. The van der Waals surface area contributed by atoms with Crippen molar-refractivity contribution in [3.63, 3.8) is 0 Å². The zero-order valence-corrected chi connectivity index (χ0v) is 8.27. The van der Waals surface area contributed by atoms with Crippen LogP contribution in [0.4, 0.5) is 0 Å². The summed E-state index contributed by atoms with van der Waals surface area (Å²) < 4.78 is 0. The largest absolute Gasteiger partial charge is 0.396 e. The molecule has 1 rings (SSSR count). The minimum absolute atomic E-state index is 0.189. The van der Waals surface area contributed by atoms with Crippen LogP contribution in [0.3, 0.4) is 0 Å². The van der Waals surface area contributed by atoms with E-state index in [1.165, 1.54) is 4.88 Å². The van der Waals surface area contributed by atoms with Crippen molar-refractivity contribution in [3.05, 3.63) is 16.1 Å². The number of rotatable bonds is 4. The van der Waals surface area contributed by atoms with Gasteiger partial charge < -0.3 is 10.0 Å². The van der Waals surface area contributed by atoms with E-state index in [2.05, 4.69) is 9.88 Å². The Morgan fingerprint density at radius 2 is 2.33 bits per heavy atom. The van der Waals surface area contributed by atoms with E-state index in [9.17, 15) is 0 Å². The summed E-state index contributed by atoms with van der Waals surface area (Å²) in [6, 6.07) is 0. The molecule has 0 fully saturated rings. The van der Waals surface area contributed by atoms with Gasteiger partial charge >= 0.3 is 0 Å². The van der Waals surface area contributed by atoms with Crippen LogP contribution in [0.25, 0.3) is 0 Å². The van der Waals surface area contributed by atoms with Gasteiger partial charge in [0.05, 0.1) is 5.01 Å². The predicted octanol–water partition coefficient (Wildman–Crippen LogP) is 0.740. The molecule has 0 unspecified atom stereocenters. The molecule has 3 nitrogen and oxygen atoms in total. The van der Waals surface area contributed by atoms with Crippen molar-refractivity contribution in [3.8, 4) is 0 Å². The summed E-state index contributed by atoms with van der Waals surface area (Å²) >= 11 is 1.67. The fraction of sp³-hybridized carbons (Fsp3) is 0.625. The molecule has 0 spiro atoms. The molecule has 1 N–H and O–H groups in total. The number of hydrogen-bond donors (Lipinski definition) is 1. The Labute approximate surface area is 76.7 Å². The Bertz CT molecular complexity index is 235. The standard InChI is InChI=1S/C8H14N2OS/c1-10(2)6-7-5-9-8(12-7)3-4-11/h5,11H,3-4,6H2,1-2H3. The van der Waals surface area contributed by atoms with Gasteiger partial charge in [-0.2, -0.15) is 0 Å². The monoisotopic (exact) mass is 186 g/mol. The van der Waals surface area contributed by atoms with E-state index in [1.807, 2.05) is 20.3 Å². The number of hydrogen-bond acceptors (Lipinski definition) is 4. The van der Waals surface area contributed by atoms with Crippen molar-refractivity contribution in [2.24, 2.45) is 0 Å². The number of aromatic nitrogens is 1. The number of aliphatic hydroxyl groups excluding tert-OH is 1. The Morgan fingerprint density at radius 3 is 2.92 bits per heavy atom. The second kappa shape index (κ2) is 4.54. The van der Waals surface area contributed by atoms with Crippen LogP contribution in [0.15, 0.2) is 6.20 Å². The van der Waals surface area contributed by atoms with Crippen LogP contribution in [0.5, 0.6) is 0 Å². The average Bonchev–Trinajstić information content (AvgIpc) is 2.36. The van der Waals surface area contributed by atoms with Crippen LogP contribution in [-0.4, -0.2) is 35.7 Å². The van der Waals surface area contributed by atoms with Gasteiger partial charge in [-0.3, -0.25) is 0 Å². The van der Waals surface area contributed by atoms with Crippen molar-refractivity contribution >= 4 is 11.3 Å². The van der Waals surface area contributed by atoms with Crippen LogP contribution in [-0.2, 0) is 13.0 Å². The van der Waals surface area contributed by atoms with Gasteiger partial charge in [-0.05, 0) is 14.1 Å². The lowest BCUT2D eigenvalue weighted by atomic mass is 10.5. The SMILES string of the molecule is CN(C)Cc1cnc(CCO)s1. The molecule has 0 atom stereocenters. The lowest BCUT2D eigenvalue weighted by molar-refractivity contribution is 0.299. The molecule has 0 aliphatic heterocycles. The number of thiazole rings is 1. The number of aliphatic hydroxyl groups is 1. The van der Waals surface area contributed by atoms with E-state index in [0.29, 0.717) is 6.42 Å². The van der Waals surface area contributed by atoms with Crippen LogP contribution in [0.2, 0.25) is 0 Å². The van der Waals surface area contributed by atoms with E-state index >= 15 is 0 Å². The van der Waals surface area contributed by atoms with Crippen LogP contribution < -0.4 is 0 Å². The van der Waals surface area contributed by atoms with Crippen molar-refractivity contribution in [1.29, 1.82) is 0 Å². The highest BCUT2D eigenvalue weighted by Crippen LogP contribution is 2.14. The van der Waals surface area contributed by atoms with Gasteiger partial charge in [0.25, 0.3) is 0 Å². The summed E-state index contributed by atoms with van der Waals surface area (Å²) in [5.74, 6) is 0. The van der Waals surface area contributed by atoms with Gasteiger partial charge in [-0.1, -0.05) is 0 Å². The summed E-state index contributed by atoms with van der Waals surface area (Å²) in [7, 11) is 4.07. The molecule has 0 amide bonds. The summed E-state index contributed by atoms with van der Waals surface area (Å²) in [5, 5.41) is 9.69. The maximum absolute atomic E-state index is 8.67. The lowest BCUT2D eigenvalue weighted by Crippen LogP contribution is -2.09. The highest BCUT2D eigenvalue weighted by molar-refractivity contribution is 7.11. The average molecular weight is 186 g/mol. The summed E-state index contributed by atoms with van der Waals surface area (Å²) in [4.78, 5) is 7.55. The molecule has 0 aliphatic carbocycles. The van der Waals surface area contributed by atoms with Crippen molar-refractivity contribution < 1.29 is 5.11 Å². The smallest absolute Gasteiger partial charge is 0.0951 e. The first-order valence-corrected chi connectivity index (χ1v) is 4.73. The zero-order valence-electron chi connectivity index (χ0n) is 7.45. The Balaban J connectivity index is 2.52. The molecule has 0 saturated carbocycles. The molecule has 0 bridgehead atoms. The van der Waals surface area contributed by atoms with Crippen LogP contribution >= 0.6 is 11.3 Å². The zero-order chi connectivity index (χ0) is 8.97. The van der Waals surface area contributed by atoms with Gasteiger partial charge in [0.2, 0.25) is 0 Å². The van der Waals surface area contributed by atoms with E-state index in [-0.39, 0.29) is 6.61 Å². The van der Waals surface area contributed by atoms with Gasteiger partial charge in [0.1, 0.15) is 0 Å². The van der Waals surface area contributed by atoms with Crippen molar-refractivity contribution in [2.75, 3.05) is 20.7 Å². The molecule has 12 heavy (non-hydrogen) atoms. The lowest BCUT2D eigenvalue weighted by Gasteiger charge is -2.05. The Kier molecular flexibility index (Phi) is 3.65. The summed E-state index contributed by atoms with van der Waals surface area (Å²) in [6.45, 7) is 1.12. The Hall–Kier alpha value is -0.450. The van der Waals surface area contributed by atoms with Crippen molar-refractivity contribution in [1.82, 2.24) is 9.88 Å². The second-order valence-corrected chi connectivity index (χ2v) is 4.13. The molecule has 0 radical (unpaired) electrons. The fourth-order valence-corrected chi connectivity index (χ4v) is 1.97. The first kappa shape index (κ1) is 9.64. The first-order valence-electron chi connectivity index (χ1n) is 3.91. The molecule has 0 aromatic carbocycles.